The fourth-order valence-corrected chi connectivity index (χ4v) is 2.52. The molecule has 1 aromatic rings. The summed E-state index contributed by atoms with van der Waals surface area (Å²) in [7, 11) is -1.97. The zero-order chi connectivity index (χ0) is 15.9. The van der Waals surface area contributed by atoms with Crippen LogP contribution in [0.5, 0.6) is 0 Å². The first kappa shape index (κ1) is 17.9. The molecule has 1 rings (SSSR count). The fourth-order valence-electron chi connectivity index (χ4n) is 1.51. The Balaban J connectivity index is 2.46. The predicted molar refractivity (Wildman–Crippen MR) is 71.3 cm³/mol. The van der Waals surface area contributed by atoms with Gasteiger partial charge in [-0.1, -0.05) is 12.1 Å². The molecule has 1 aromatic carbocycles. The molecular weight excluding hydrogens is 309 g/mol. The maximum absolute atomic E-state index is 11.9. The van der Waals surface area contributed by atoms with E-state index in [0.717, 1.165) is 5.56 Å². The van der Waals surface area contributed by atoms with E-state index in [9.17, 15) is 21.6 Å². The summed E-state index contributed by atoms with van der Waals surface area (Å²) in [5.41, 5.74) is 0.921. The number of ether oxygens (including phenoxy) is 1. The molecule has 0 aliphatic heterocycles. The predicted octanol–water partition coefficient (Wildman–Crippen LogP) is 1.26. The normalized spacial score (nSPS) is 12.6. The third-order valence-electron chi connectivity index (χ3n) is 2.42. The van der Waals surface area contributed by atoms with Crippen LogP contribution in [0.4, 0.5) is 13.2 Å². The van der Waals surface area contributed by atoms with Gasteiger partial charge in [0, 0.05) is 13.1 Å². The van der Waals surface area contributed by atoms with Crippen LogP contribution in [0.25, 0.3) is 0 Å². The molecule has 0 aromatic heterocycles. The van der Waals surface area contributed by atoms with Crippen LogP contribution in [0.3, 0.4) is 0 Å². The van der Waals surface area contributed by atoms with Gasteiger partial charge in [-0.05, 0) is 24.7 Å². The smallest absolute Gasteiger partial charge is 0.371 e. The van der Waals surface area contributed by atoms with Crippen molar-refractivity contribution in [2.45, 2.75) is 17.6 Å². The largest absolute Gasteiger partial charge is 0.411 e. The molecule has 2 N–H and O–H groups in total. The quantitative estimate of drug-likeness (QED) is 0.706. The summed E-state index contributed by atoms with van der Waals surface area (Å²) in [6, 6.07) is 6.19. The van der Waals surface area contributed by atoms with E-state index in [-0.39, 0.29) is 18.0 Å². The molecule has 0 fully saturated rings. The molecule has 0 bridgehead atoms. The summed E-state index contributed by atoms with van der Waals surface area (Å²) in [5.74, 6) is 0. The van der Waals surface area contributed by atoms with E-state index < -0.39 is 22.8 Å². The second kappa shape index (κ2) is 7.74. The lowest BCUT2D eigenvalue weighted by Gasteiger charge is -2.09. The van der Waals surface area contributed by atoms with Crippen LogP contribution in [-0.4, -0.2) is 41.4 Å². The van der Waals surface area contributed by atoms with Crippen LogP contribution in [0.1, 0.15) is 5.56 Å². The van der Waals surface area contributed by atoms with Gasteiger partial charge < -0.3 is 10.1 Å². The number of sulfonamides is 1. The lowest BCUT2D eigenvalue weighted by molar-refractivity contribution is -0.173. The molecule has 0 saturated heterocycles. The monoisotopic (exact) mass is 326 g/mol. The van der Waals surface area contributed by atoms with E-state index in [1.807, 2.05) is 0 Å². The maximum Gasteiger partial charge on any atom is 0.411 e. The minimum absolute atomic E-state index is 0.0539. The SMILES string of the molecule is CNCc1ccc(S(=O)(=O)NCCOCC(F)(F)F)cc1. The number of hydrogen-bond donors (Lipinski definition) is 2. The van der Waals surface area contributed by atoms with Crippen molar-refractivity contribution in [3.05, 3.63) is 29.8 Å². The van der Waals surface area contributed by atoms with Gasteiger partial charge >= 0.3 is 6.18 Å². The molecule has 5 nitrogen and oxygen atoms in total. The minimum Gasteiger partial charge on any atom is -0.371 e. The Morgan fingerprint density at radius 1 is 1.19 bits per heavy atom. The summed E-state index contributed by atoms with van der Waals surface area (Å²) in [6.07, 6.45) is -4.41. The molecule has 21 heavy (non-hydrogen) atoms. The number of halogens is 3. The number of alkyl halides is 3. The van der Waals surface area contributed by atoms with Gasteiger partial charge in [-0.15, -0.1) is 0 Å². The Labute approximate surface area is 121 Å². The van der Waals surface area contributed by atoms with Crippen LogP contribution in [0.2, 0.25) is 0 Å². The minimum atomic E-state index is -4.41. The van der Waals surface area contributed by atoms with Gasteiger partial charge in [0.2, 0.25) is 10.0 Å². The van der Waals surface area contributed by atoms with Crippen molar-refractivity contribution in [2.75, 3.05) is 26.8 Å². The van der Waals surface area contributed by atoms with Crippen LogP contribution in [-0.2, 0) is 21.3 Å². The highest BCUT2D eigenvalue weighted by Crippen LogP contribution is 2.14. The van der Waals surface area contributed by atoms with Crippen molar-refractivity contribution in [3.8, 4) is 0 Å². The highest BCUT2D eigenvalue weighted by Gasteiger charge is 2.27. The topological polar surface area (TPSA) is 67.4 Å². The first-order valence-corrected chi connectivity index (χ1v) is 7.60. The third-order valence-corrected chi connectivity index (χ3v) is 3.90. The molecule has 0 aliphatic carbocycles. The van der Waals surface area contributed by atoms with Crippen molar-refractivity contribution in [1.29, 1.82) is 0 Å². The average molecular weight is 326 g/mol. The molecule has 0 saturated carbocycles. The number of benzene rings is 1. The zero-order valence-corrected chi connectivity index (χ0v) is 12.2. The lowest BCUT2D eigenvalue weighted by atomic mass is 10.2. The van der Waals surface area contributed by atoms with Crippen LogP contribution < -0.4 is 10.0 Å². The second-order valence-electron chi connectivity index (χ2n) is 4.24. The average Bonchev–Trinajstić information content (AvgIpc) is 2.38. The van der Waals surface area contributed by atoms with Gasteiger partial charge in [0.1, 0.15) is 6.61 Å². The summed E-state index contributed by atoms with van der Waals surface area (Å²) in [6.45, 7) is -1.36. The standard InChI is InChI=1S/C12H17F3N2O3S/c1-16-8-10-2-4-11(5-3-10)21(18,19)17-6-7-20-9-12(13,14)15/h2-5,16-17H,6-9H2,1H3. The van der Waals surface area contributed by atoms with E-state index in [2.05, 4.69) is 14.8 Å². The highest BCUT2D eigenvalue weighted by molar-refractivity contribution is 7.89. The first-order valence-electron chi connectivity index (χ1n) is 6.12. The molecule has 0 atom stereocenters. The molecule has 0 aliphatic rings. The van der Waals surface area contributed by atoms with E-state index >= 15 is 0 Å². The Morgan fingerprint density at radius 2 is 1.81 bits per heavy atom. The van der Waals surface area contributed by atoms with E-state index in [1.165, 1.54) is 12.1 Å². The third kappa shape index (κ3) is 6.89. The van der Waals surface area contributed by atoms with Gasteiger partial charge in [-0.3, -0.25) is 0 Å². The number of nitrogens with one attached hydrogen (secondary N) is 2. The molecule has 120 valence electrons. The lowest BCUT2D eigenvalue weighted by Crippen LogP contribution is -2.29. The van der Waals surface area contributed by atoms with Crippen molar-refractivity contribution in [3.63, 3.8) is 0 Å². The number of rotatable bonds is 8. The summed E-state index contributed by atoms with van der Waals surface area (Å²) < 4.78 is 65.7. The van der Waals surface area contributed by atoms with Crippen LogP contribution in [0, 0.1) is 0 Å². The van der Waals surface area contributed by atoms with Crippen molar-refractivity contribution in [1.82, 2.24) is 10.0 Å². The molecule has 0 unspecified atom stereocenters. The van der Waals surface area contributed by atoms with E-state index in [1.54, 1.807) is 19.2 Å². The van der Waals surface area contributed by atoms with Crippen LogP contribution in [0.15, 0.2) is 29.2 Å². The summed E-state index contributed by atoms with van der Waals surface area (Å²) in [5, 5.41) is 2.93. The maximum atomic E-state index is 11.9. The van der Waals surface area contributed by atoms with Crippen molar-refractivity contribution < 1.29 is 26.3 Å². The van der Waals surface area contributed by atoms with Gasteiger partial charge in [0.15, 0.2) is 0 Å². The molecule has 0 heterocycles. The van der Waals surface area contributed by atoms with Crippen LogP contribution >= 0.6 is 0 Å². The molecule has 0 spiro atoms. The van der Waals surface area contributed by atoms with Gasteiger partial charge in [0.05, 0.1) is 11.5 Å². The Kier molecular flexibility index (Phi) is 6.59. The summed E-state index contributed by atoms with van der Waals surface area (Å²) in [4.78, 5) is 0.0539. The van der Waals surface area contributed by atoms with Crippen molar-refractivity contribution >= 4 is 10.0 Å². The fraction of sp³-hybridized carbons (Fsp3) is 0.500. The van der Waals surface area contributed by atoms with E-state index in [4.69, 9.17) is 0 Å². The summed E-state index contributed by atoms with van der Waals surface area (Å²) >= 11 is 0. The number of hydrogen-bond acceptors (Lipinski definition) is 4. The highest BCUT2D eigenvalue weighted by atomic mass is 32.2. The first-order chi connectivity index (χ1) is 9.74. The zero-order valence-electron chi connectivity index (χ0n) is 11.4. The van der Waals surface area contributed by atoms with Gasteiger partial charge in [-0.2, -0.15) is 13.2 Å². The Hall–Kier alpha value is -1.16. The van der Waals surface area contributed by atoms with Crippen molar-refractivity contribution in [2.24, 2.45) is 0 Å². The van der Waals surface area contributed by atoms with Gasteiger partial charge in [-0.25, -0.2) is 13.1 Å². The molecule has 0 radical (unpaired) electrons. The van der Waals surface area contributed by atoms with E-state index in [0.29, 0.717) is 6.54 Å². The van der Waals surface area contributed by atoms with Gasteiger partial charge in [0.25, 0.3) is 0 Å². The second-order valence-corrected chi connectivity index (χ2v) is 6.01. The molecule has 0 amide bonds. The molecular formula is C12H17F3N2O3S. The Morgan fingerprint density at radius 3 is 2.33 bits per heavy atom. The molecule has 9 heteroatoms. The Bertz CT molecular complexity index is 530.